The molecule has 0 aromatic carbocycles. The molecule has 78 valence electrons. The molecule has 1 atom stereocenters. The van der Waals surface area contributed by atoms with Gasteiger partial charge in [-0.1, -0.05) is 0 Å². The number of alkyl halides is 1. The molecular formula is C7H9FN2O4. The fraction of sp³-hybridized carbons (Fsp3) is 0.571. The van der Waals surface area contributed by atoms with Gasteiger partial charge in [-0.15, -0.1) is 0 Å². The van der Waals surface area contributed by atoms with E-state index in [0.29, 0.717) is 0 Å². The van der Waals surface area contributed by atoms with Crippen LogP contribution in [0.2, 0.25) is 0 Å². The Hall–Kier alpha value is -1.66. The van der Waals surface area contributed by atoms with Gasteiger partial charge in [-0.3, -0.25) is 4.79 Å². The van der Waals surface area contributed by atoms with E-state index in [4.69, 9.17) is 5.11 Å². The van der Waals surface area contributed by atoms with Gasteiger partial charge in [0.2, 0.25) is 0 Å². The number of nitrogens with zero attached hydrogens (tertiary/aromatic N) is 1. The SMILES string of the molecule is CC1(C)NC(=O)N(C(F)C(=O)O)C1=O. The third-order valence-electron chi connectivity index (χ3n) is 1.82. The fourth-order valence-corrected chi connectivity index (χ4v) is 1.09. The Morgan fingerprint density at radius 1 is 1.57 bits per heavy atom. The van der Waals surface area contributed by atoms with Crippen LogP contribution in [0.5, 0.6) is 0 Å². The first-order valence-electron chi connectivity index (χ1n) is 3.80. The van der Waals surface area contributed by atoms with Gasteiger partial charge in [-0.25, -0.2) is 18.9 Å². The van der Waals surface area contributed by atoms with Crippen molar-refractivity contribution < 1.29 is 23.9 Å². The summed E-state index contributed by atoms with van der Waals surface area (Å²) in [4.78, 5) is 32.7. The number of hydrogen-bond donors (Lipinski definition) is 2. The highest BCUT2D eigenvalue weighted by Gasteiger charge is 2.49. The second-order valence-corrected chi connectivity index (χ2v) is 3.40. The van der Waals surface area contributed by atoms with Crippen LogP contribution in [0.3, 0.4) is 0 Å². The number of hydrogen-bond acceptors (Lipinski definition) is 3. The topological polar surface area (TPSA) is 86.7 Å². The van der Waals surface area contributed by atoms with Gasteiger partial charge in [0.25, 0.3) is 12.2 Å². The Morgan fingerprint density at radius 2 is 2.07 bits per heavy atom. The molecule has 0 radical (unpaired) electrons. The summed E-state index contributed by atoms with van der Waals surface area (Å²) in [5, 5.41) is 10.5. The number of carboxylic acid groups (broad SMARTS) is 1. The maximum Gasteiger partial charge on any atom is 0.360 e. The smallest absolute Gasteiger partial charge is 0.360 e. The van der Waals surface area contributed by atoms with Crippen molar-refractivity contribution in [3.63, 3.8) is 0 Å². The van der Waals surface area contributed by atoms with Crippen LogP contribution in [0, 0.1) is 0 Å². The molecule has 2 N–H and O–H groups in total. The number of urea groups is 1. The minimum atomic E-state index is -2.63. The van der Waals surface area contributed by atoms with Crippen molar-refractivity contribution in [1.29, 1.82) is 0 Å². The monoisotopic (exact) mass is 204 g/mol. The van der Waals surface area contributed by atoms with Gasteiger partial charge in [0.15, 0.2) is 0 Å². The minimum absolute atomic E-state index is 0.0579. The van der Waals surface area contributed by atoms with E-state index in [1.165, 1.54) is 13.8 Å². The van der Waals surface area contributed by atoms with Crippen LogP contribution in [0.1, 0.15) is 13.8 Å². The molecule has 1 saturated heterocycles. The lowest BCUT2D eigenvalue weighted by atomic mass is 10.1. The highest BCUT2D eigenvalue weighted by atomic mass is 19.1. The van der Waals surface area contributed by atoms with Crippen LogP contribution in [0.4, 0.5) is 9.18 Å². The van der Waals surface area contributed by atoms with E-state index in [2.05, 4.69) is 5.32 Å². The van der Waals surface area contributed by atoms with Gasteiger partial charge in [0.1, 0.15) is 5.54 Å². The van der Waals surface area contributed by atoms with Crippen LogP contribution in [0.25, 0.3) is 0 Å². The summed E-state index contributed by atoms with van der Waals surface area (Å²) in [5.41, 5.74) is -1.25. The molecule has 0 aromatic heterocycles. The van der Waals surface area contributed by atoms with Crippen molar-refractivity contribution in [2.45, 2.75) is 25.7 Å². The number of carbonyl (C=O) groups is 3. The fourth-order valence-electron chi connectivity index (χ4n) is 1.09. The van der Waals surface area contributed by atoms with Gasteiger partial charge < -0.3 is 10.4 Å². The summed E-state index contributed by atoms with van der Waals surface area (Å²) in [7, 11) is 0. The Kier molecular flexibility index (Phi) is 2.18. The maximum absolute atomic E-state index is 12.9. The van der Waals surface area contributed by atoms with Gasteiger partial charge in [0, 0.05) is 0 Å². The van der Waals surface area contributed by atoms with Crippen LogP contribution in [-0.2, 0) is 9.59 Å². The number of amides is 3. The molecule has 6 nitrogen and oxygen atoms in total. The van der Waals surface area contributed by atoms with Crippen molar-refractivity contribution >= 4 is 17.9 Å². The van der Waals surface area contributed by atoms with Crippen molar-refractivity contribution in [1.82, 2.24) is 10.2 Å². The van der Waals surface area contributed by atoms with E-state index in [0.717, 1.165) is 0 Å². The summed E-state index contributed by atoms with van der Waals surface area (Å²) in [6, 6.07) is -1.03. The number of carbonyl (C=O) groups excluding carboxylic acids is 2. The molecular weight excluding hydrogens is 195 g/mol. The molecule has 1 fully saturated rings. The first kappa shape index (κ1) is 10.4. The quantitative estimate of drug-likeness (QED) is 0.477. The van der Waals surface area contributed by atoms with Crippen LogP contribution in [0.15, 0.2) is 0 Å². The van der Waals surface area contributed by atoms with E-state index in [9.17, 15) is 18.8 Å². The standard InChI is InChI=1S/C7H9FN2O4/c1-7(2)5(13)10(6(14)9-7)3(8)4(11)12/h3H,1-2H3,(H,9,14)(H,11,12). The lowest BCUT2D eigenvalue weighted by molar-refractivity contribution is -0.154. The van der Waals surface area contributed by atoms with Gasteiger partial charge in [0.05, 0.1) is 0 Å². The number of nitrogens with one attached hydrogen (secondary N) is 1. The molecule has 7 heteroatoms. The van der Waals surface area contributed by atoms with Crippen LogP contribution in [-0.4, -0.2) is 39.7 Å². The largest absolute Gasteiger partial charge is 0.478 e. The Morgan fingerprint density at radius 3 is 2.36 bits per heavy atom. The number of aliphatic carboxylic acids is 1. The lowest BCUT2D eigenvalue weighted by Crippen LogP contribution is -2.44. The van der Waals surface area contributed by atoms with Crippen molar-refractivity contribution in [2.75, 3.05) is 0 Å². The van der Waals surface area contributed by atoms with Crippen molar-refractivity contribution in [3.8, 4) is 0 Å². The Balaban J connectivity index is 2.97. The zero-order valence-corrected chi connectivity index (χ0v) is 7.57. The lowest BCUT2D eigenvalue weighted by Gasteiger charge is -2.16. The summed E-state index contributed by atoms with van der Waals surface area (Å²) < 4.78 is 12.9. The van der Waals surface area contributed by atoms with E-state index in [1.54, 1.807) is 0 Å². The summed E-state index contributed by atoms with van der Waals surface area (Å²) in [6.07, 6.45) is -2.63. The number of halogens is 1. The number of imide groups is 1. The van der Waals surface area contributed by atoms with Crippen molar-refractivity contribution in [3.05, 3.63) is 0 Å². The van der Waals surface area contributed by atoms with Gasteiger partial charge >= 0.3 is 12.0 Å². The molecule has 0 bridgehead atoms. The second-order valence-electron chi connectivity index (χ2n) is 3.40. The predicted octanol–water partition coefficient (Wildman–Crippen LogP) is -0.303. The van der Waals surface area contributed by atoms with Crippen LogP contribution >= 0.6 is 0 Å². The molecule has 1 rings (SSSR count). The minimum Gasteiger partial charge on any atom is -0.478 e. The third kappa shape index (κ3) is 1.40. The molecule has 0 aliphatic carbocycles. The van der Waals surface area contributed by atoms with E-state index in [-0.39, 0.29) is 4.90 Å². The third-order valence-corrected chi connectivity index (χ3v) is 1.82. The molecule has 0 aromatic rings. The van der Waals surface area contributed by atoms with E-state index < -0.39 is 29.7 Å². The normalized spacial score (nSPS) is 22.1. The summed E-state index contributed by atoms with van der Waals surface area (Å²) in [6.45, 7) is 2.73. The first-order chi connectivity index (χ1) is 6.27. The zero-order valence-electron chi connectivity index (χ0n) is 7.57. The Bertz CT molecular complexity index is 315. The predicted molar refractivity (Wildman–Crippen MR) is 42.0 cm³/mol. The van der Waals surface area contributed by atoms with Gasteiger partial charge in [-0.2, -0.15) is 0 Å². The zero-order chi connectivity index (χ0) is 11.1. The van der Waals surface area contributed by atoms with Crippen LogP contribution < -0.4 is 5.32 Å². The first-order valence-corrected chi connectivity index (χ1v) is 3.80. The van der Waals surface area contributed by atoms with Gasteiger partial charge in [-0.05, 0) is 13.8 Å². The highest BCUT2D eigenvalue weighted by Crippen LogP contribution is 2.19. The van der Waals surface area contributed by atoms with E-state index in [1.807, 2.05) is 0 Å². The molecule has 1 unspecified atom stereocenters. The molecule has 0 saturated carbocycles. The maximum atomic E-state index is 12.9. The molecule has 3 amide bonds. The molecule has 1 heterocycles. The Labute approximate surface area is 78.7 Å². The average molecular weight is 204 g/mol. The number of carboxylic acids is 1. The van der Waals surface area contributed by atoms with E-state index >= 15 is 0 Å². The molecule has 1 aliphatic heterocycles. The average Bonchev–Trinajstić information content (AvgIpc) is 2.21. The molecule has 1 aliphatic rings. The summed E-state index contributed by atoms with van der Waals surface area (Å²) in [5.74, 6) is -2.76. The van der Waals surface area contributed by atoms with Crippen molar-refractivity contribution in [2.24, 2.45) is 0 Å². The second kappa shape index (κ2) is 2.93. The molecule has 0 spiro atoms. The number of rotatable bonds is 2. The summed E-state index contributed by atoms with van der Waals surface area (Å²) >= 11 is 0. The molecule has 14 heavy (non-hydrogen) atoms. The highest BCUT2D eigenvalue weighted by molar-refractivity contribution is 6.08.